The quantitative estimate of drug-likeness (QED) is 0.169. The van der Waals surface area contributed by atoms with Crippen molar-refractivity contribution in [3.63, 3.8) is 0 Å². The second-order valence-corrected chi connectivity index (χ2v) is 17.1. The fourth-order valence-electron chi connectivity index (χ4n) is 9.34. The Morgan fingerprint density at radius 3 is 2.53 bits per heavy atom. The summed E-state index contributed by atoms with van der Waals surface area (Å²) in [6.07, 6.45) is 5.93. The van der Waals surface area contributed by atoms with Crippen LogP contribution >= 0.6 is 0 Å². The first-order valence-corrected chi connectivity index (χ1v) is 21.2. The summed E-state index contributed by atoms with van der Waals surface area (Å²) in [5.74, 6) is -1.48. The number of imide groups is 1. The third-order valence-electron chi connectivity index (χ3n) is 13.0. The first-order chi connectivity index (χ1) is 29.8. The topological polar surface area (TPSA) is 175 Å². The number of fused-ring (bicyclic) bond motifs is 1. The number of phenols is 1. The highest BCUT2D eigenvalue weighted by Gasteiger charge is 2.39. The zero-order chi connectivity index (χ0) is 43.3. The number of hydrogen-bond acceptors (Lipinski definition) is 11. The number of likely N-dealkylation sites (tertiary alicyclic amines) is 2. The van der Waals surface area contributed by atoms with Crippen LogP contribution < -0.4 is 20.9 Å². The van der Waals surface area contributed by atoms with Gasteiger partial charge in [0.1, 0.15) is 17.4 Å². The predicted octanol–water partition coefficient (Wildman–Crippen LogP) is 5.92. The Labute approximate surface area is 357 Å². The number of ether oxygens (including phenoxy) is 1. The van der Waals surface area contributed by atoms with Crippen molar-refractivity contribution >= 4 is 46.1 Å². The summed E-state index contributed by atoms with van der Waals surface area (Å²) in [4.78, 5) is 50.0. The number of hydrogen-bond donors (Lipinski definition) is 3. The van der Waals surface area contributed by atoms with Crippen molar-refractivity contribution < 1.29 is 33.0 Å². The molecule has 4 amide bonds. The number of nitrogens with one attached hydrogen (secondary N) is 1. The molecule has 0 radical (unpaired) electrons. The van der Waals surface area contributed by atoms with E-state index in [1.54, 1.807) is 40.3 Å². The minimum Gasteiger partial charge on any atom is -0.504 e. The van der Waals surface area contributed by atoms with Gasteiger partial charge < -0.3 is 34.8 Å². The molecule has 0 aliphatic carbocycles. The number of aryl methyl sites for hydroxylation is 1. The van der Waals surface area contributed by atoms with Gasteiger partial charge in [-0.2, -0.15) is 0 Å². The number of urea groups is 1. The highest BCUT2D eigenvalue weighted by Crippen LogP contribution is 2.38. The highest BCUT2D eigenvalue weighted by atomic mass is 19.1. The Balaban J connectivity index is 0.777. The molecule has 324 valence electrons. The lowest BCUT2D eigenvalue weighted by Gasteiger charge is -2.41. The number of carbonyl (C=O) groups excluding carboxylic acids is 3. The number of piperidine rings is 2. The number of para-hydroxylation sites is 1. The van der Waals surface area contributed by atoms with Crippen LogP contribution in [0, 0.1) is 12.7 Å². The molecule has 17 heteroatoms. The number of nitrogens with zero attached hydrogens (tertiary/aromatic N) is 8. The van der Waals surface area contributed by atoms with E-state index in [1.165, 1.54) is 12.1 Å². The maximum atomic E-state index is 16.4. The lowest BCUT2D eigenvalue weighted by molar-refractivity contribution is -0.120. The van der Waals surface area contributed by atoms with Gasteiger partial charge >= 0.3 is 6.03 Å². The number of benzene rings is 2. The second kappa shape index (κ2) is 16.6. The van der Waals surface area contributed by atoms with Crippen LogP contribution in [0.5, 0.6) is 5.75 Å². The Morgan fingerprint density at radius 1 is 1.03 bits per heavy atom. The fraction of sp³-hybridized carbons (Fsp3) is 0.422. The number of aromatic nitrogens is 4. The van der Waals surface area contributed by atoms with Crippen molar-refractivity contribution in [1.82, 2.24) is 34.9 Å². The van der Waals surface area contributed by atoms with Crippen LogP contribution in [0.1, 0.15) is 72.7 Å². The number of anilines is 3. The van der Waals surface area contributed by atoms with E-state index >= 15 is 4.39 Å². The van der Waals surface area contributed by atoms with Crippen LogP contribution in [0.4, 0.5) is 30.8 Å². The largest absolute Gasteiger partial charge is 0.504 e. The third-order valence-corrected chi connectivity index (χ3v) is 13.0. The molecule has 0 bridgehead atoms. The van der Waals surface area contributed by atoms with E-state index < -0.39 is 23.3 Å². The number of alkyl halides is 1. The Kier molecular flexibility index (Phi) is 11.0. The number of phenolic OH excluding ortho intramolecular Hbond substituents is 1. The zero-order valence-corrected chi connectivity index (χ0v) is 34.8. The van der Waals surface area contributed by atoms with Crippen LogP contribution in [-0.4, -0.2) is 117 Å². The summed E-state index contributed by atoms with van der Waals surface area (Å²) in [6.45, 7) is 7.65. The molecule has 4 saturated heterocycles. The van der Waals surface area contributed by atoms with Gasteiger partial charge in [-0.3, -0.25) is 19.8 Å². The lowest BCUT2D eigenvalue weighted by Crippen LogP contribution is -2.51. The van der Waals surface area contributed by atoms with E-state index in [-0.39, 0.29) is 66.3 Å². The summed E-state index contributed by atoms with van der Waals surface area (Å²) >= 11 is 0. The fourth-order valence-corrected chi connectivity index (χ4v) is 9.34. The molecule has 0 unspecified atom stereocenters. The maximum absolute atomic E-state index is 16.4. The number of morpholine rings is 1. The first kappa shape index (κ1) is 41.2. The van der Waals surface area contributed by atoms with Crippen LogP contribution in [-0.2, 0) is 9.53 Å². The van der Waals surface area contributed by atoms with E-state index in [9.17, 15) is 23.9 Å². The molecule has 4 fully saturated rings. The molecule has 4 N–H and O–H groups in total. The average Bonchev–Trinajstić information content (AvgIpc) is 3.60. The minimum atomic E-state index is -1.39. The van der Waals surface area contributed by atoms with E-state index in [0.29, 0.717) is 56.3 Å². The number of carbonyl (C=O) groups is 3. The van der Waals surface area contributed by atoms with Crippen molar-refractivity contribution in [2.24, 2.45) is 0 Å². The SMILES string of the molecule is Cc1cn(C2CCN(CC3(F)CCN(C(=O)c4ccc([C@@H]5CN(c6cc(-c7cccc(F)c7O)nnc6N)[C@H](C)CO5)cc4)CC3)CC2)c2ncc(N3CCC(=O)NC3=O)cc12. The lowest BCUT2D eigenvalue weighted by atomic mass is 9.91. The van der Waals surface area contributed by atoms with Crippen molar-refractivity contribution in [1.29, 1.82) is 0 Å². The molecular weight excluding hydrogens is 799 g/mol. The normalized spacial score (nSPS) is 21.4. The summed E-state index contributed by atoms with van der Waals surface area (Å²) < 4.78 is 38.9. The van der Waals surface area contributed by atoms with Crippen molar-refractivity contribution in [2.75, 3.05) is 68.0 Å². The van der Waals surface area contributed by atoms with Crippen molar-refractivity contribution in [3.8, 4) is 17.0 Å². The monoisotopic (exact) mass is 848 g/mol. The summed E-state index contributed by atoms with van der Waals surface area (Å²) in [5, 5.41) is 21.9. The molecule has 15 nitrogen and oxygen atoms in total. The van der Waals surface area contributed by atoms with Crippen LogP contribution in [0.25, 0.3) is 22.3 Å². The standard InChI is InChI=1S/C45H50F2N10O5/c1-27-23-57(42-34(27)20-32(22-49-42)55-17-12-39(58)50-44(55)61)31-10-15-53(16-11-31)26-45(47)13-18-54(19-14-45)43(60)30-8-6-29(7-9-30)38-24-56(28(2)25-62-38)37-21-36(51-52-41(37)48)33-4-3-5-35(46)40(33)59/h3-9,20-23,28,31,38,59H,10-19,24-26H2,1-2H3,(H2,48,52)(H,50,58,61)/t28-,38+/m1/s1. The van der Waals surface area contributed by atoms with Crippen LogP contribution in [0.2, 0.25) is 0 Å². The summed E-state index contributed by atoms with van der Waals surface area (Å²) in [7, 11) is 0. The van der Waals surface area contributed by atoms with Gasteiger partial charge in [0.25, 0.3) is 5.91 Å². The first-order valence-electron chi connectivity index (χ1n) is 21.2. The molecule has 3 aromatic heterocycles. The molecule has 7 heterocycles. The van der Waals surface area contributed by atoms with Gasteiger partial charge in [-0.15, -0.1) is 10.2 Å². The van der Waals surface area contributed by atoms with Gasteiger partial charge in [0.15, 0.2) is 17.4 Å². The molecule has 0 saturated carbocycles. The zero-order valence-electron chi connectivity index (χ0n) is 34.8. The third kappa shape index (κ3) is 8.01. The predicted molar refractivity (Wildman–Crippen MR) is 229 cm³/mol. The molecular formula is C45H50F2N10O5. The van der Waals surface area contributed by atoms with Gasteiger partial charge in [-0.25, -0.2) is 18.6 Å². The van der Waals surface area contributed by atoms with Gasteiger partial charge in [-0.1, -0.05) is 18.2 Å². The number of rotatable bonds is 8. The van der Waals surface area contributed by atoms with Gasteiger partial charge in [0.2, 0.25) is 5.91 Å². The molecule has 9 rings (SSSR count). The number of halogens is 2. The molecule has 62 heavy (non-hydrogen) atoms. The Bertz CT molecular complexity index is 2520. The Morgan fingerprint density at radius 2 is 1.79 bits per heavy atom. The summed E-state index contributed by atoms with van der Waals surface area (Å²) in [6, 6.07) is 14.9. The smallest absolute Gasteiger partial charge is 0.328 e. The van der Waals surface area contributed by atoms with E-state index in [1.807, 2.05) is 32.0 Å². The number of amides is 4. The second-order valence-electron chi connectivity index (χ2n) is 17.1. The number of pyridine rings is 1. The molecule has 4 aliphatic rings. The number of nitrogens with two attached hydrogens (primary N) is 1. The Hall–Kier alpha value is -6.20. The molecule has 2 aromatic carbocycles. The van der Waals surface area contributed by atoms with Crippen molar-refractivity contribution in [2.45, 2.75) is 69.8 Å². The average molecular weight is 849 g/mol. The number of nitrogen functional groups attached to an aromatic ring is 1. The molecule has 2 atom stereocenters. The molecule has 0 spiro atoms. The van der Waals surface area contributed by atoms with Crippen LogP contribution in [0.15, 0.2) is 67.0 Å². The van der Waals surface area contributed by atoms with E-state index in [2.05, 4.69) is 36.1 Å². The summed E-state index contributed by atoms with van der Waals surface area (Å²) in [5.41, 5.74) is 9.94. The highest BCUT2D eigenvalue weighted by molar-refractivity contribution is 6.06. The van der Waals surface area contributed by atoms with Crippen LogP contribution in [0.3, 0.4) is 0 Å². The molecule has 5 aromatic rings. The number of aromatic hydroxyl groups is 1. The minimum absolute atomic E-state index is 0.0717. The van der Waals surface area contributed by atoms with Gasteiger partial charge in [0.05, 0.1) is 29.9 Å². The van der Waals surface area contributed by atoms with Gasteiger partial charge in [0, 0.05) is 99.9 Å². The van der Waals surface area contributed by atoms with Crippen molar-refractivity contribution in [3.05, 3.63) is 89.5 Å². The van der Waals surface area contributed by atoms with E-state index in [4.69, 9.17) is 15.5 Å². The molecule has 4 aliphatic heterocycles. The maximum Gasteiger partial charge on any atom is 0.328 e. The van der Waals surface area contributed by atoms with Gasteiger partial charge in [-0.05, 0) is 74.2 Å². The van der Waals surface area contributed by atoms with E-state index in [0.717, 1.165) is 48.1 Å².